The smallest absolute Gasteiger partial charge is 0.244 e. The Bertz CT molecular complexity index is 1040. The Morgan fingerprint density at radius 1 is 1.13 bits per heavy atom. The standard InChI is InChI=1S/C21H25FN2O5S/c1-14(24-30(26,27)19-7-5-4-6-16(19)22)20(25)23-13-21(2,3)15-8-9-17-18(12-15)29-11-10-28-17/h4-9,12,14,24H,10-11,13H2,1-3H3,(H,23,25)/t14-/m0/s1. The van der Waals surface area contributed by atoms with Gasteiger partial charge >= 0.3 is 0 Å². The second-order valence-electron chi connectivity index (χ2n) is 7.73. The first-order valence-corrected chi connectivity index (χ1v) is 11.0. The summed E-state index contributed by atoms with van der Waals surface area (Å²) in [6.07, 6.45) is 0. The average Bonchev–Trinajstić information content (AvgIpc) is 2.71. The molecule has 0 radical (unpaired) electrons. The summed E-state index contributed by atoms with van der Waals surface area (Å²) in [6.45, 7) is 6.56. The van der Waals surface area contributed by atoms with Crippen LogP contribution in [-0.2, 0) is 20.2 Å². The highest BCUT2D eigenvalue weighted by Crippen LogP contribution is 2.34. The molecule has 0 unspecified atom stereocenters. The Morgan fingerprint density at radius 3 is 2.50 bits per heavy atom. The lowest BCUT2D eigenvalue weighted by Crippen LogP contribution is -2.47. The van der Waals surface area contributed by atoms with Gasteiger partial charge in [0.1, 0.15) is 23.9 Å². The van der Waals surface area contributed by atoms with Gasteiger partial charge in [-0.3, -0.25) is 4.79 Å². The van der Waals surface area contributed by atoms with Gasteiger partial charge in [-0.05, 0) is 36.8 Å². The third-order valence-corrected chi connectivity index (χ3v) is 6.45. The van der Waals surface area contributed by atoms with Crippen molar-refractivity contribution in [2.45, 2.75) is 37.1 Å². The molecule has 0 saturated carbocycles. The van der Waals surface area contributed by atoms with Crippen LogP contribution in [0.5, 0.6) is 11.5 Å². The summed E-state index contributed by atoms with van der Waals surface area (Å²) in [5.74, 6) is -0.0527. The second kappa shape index (κ2) is 8.61. The first-order chi connectivity index (χ1) is 14.1. The highest BCUT2D eigenvalue weighted by molar-refractivity contribution is 7.89. The largest absolute Gasteiger partial charge is 0.486 e. The maximum Gasteiger partial charge on any atom is 0.244 e. The lowest BCUT2D eigenvalue weighted by molar-refractivity contribution is -0.122. The molecule has 0 bridgehead atoms. The number of carbonyl (C=O) groups excluding carboxylic acids is 1. The van der Waals surface area contributed by atoms with E-state index in [2.05, 4.69) is 10.0 Å². The summed E-state index contributed by atoms with van der Waals surface area (Å²) in [5, 5.41) is 2.76. The molecular formula is C21H25FN2O5S. The van der Waals surface area contributed by atoms with E-state index in [1.165, 1.54) is 19.1 Å². The number of hydrogen-bond acceptors (Lipinski definition) is 5. The first kappa shape index (κ1) is 22.0. The van der Waals surface area contributed by atoms with Crippen LogP contribution in [0.1, 0.15) is 26.3 Å². The van der Waals surface area contributed by atoms with Crippen LogP contribution >= 0.6 is 0 Å². The van der Waals surface area contributed by atoms with Crippen LogP contribution < -0.4 is 19.5 Å². The molecule has 7 nitrogen and oxygen atoms in total. The quantitative estimate of drug-likeness (QED) is 0.695. The van der Waals surface area contributed by atoms with Crippen LogP contribution in [0, 0.1) is 5.82 Å². The van der Waals surface area contributed by atoms with E-state index in [4.69, 9.17) is 9.47 Å². The molecule has 9 heteroatoms. The van der Waals surface area contributed by atoms with Gasteiger partial charge in [-0.1, -0.05) is 32.0 Å². The maximum atomic E-state index is 13.8. The molecule has 1 aliphatic heterocycles. The van der Waals surface area contributed by atoms with E-state index in [0.29, 0.717) is 24.7 Å². The maximum absolute atomic E-state index is 13.8. The van der Waals surface area contributed by atoms with Crippen molar-refractivity contribution in [3.63, 3.8) is 0 Å². The van der Waals surface area contributed by atoms with Gasteiger partial charge in [0.2, 0.25) is 15.9 Å². The number of rotatable bonds is 7. The predicted octanol–water partition coefficient (Wildman–Crippen LogP) is 2.36. The Morgan fingerprint density at radius 2 is 1.80 bits per heavy atom. The molecule has 0 saturated heterocycles. The molecule has 2 N–H and O–H groups in total. The number of nitrogens with one attached hydrogen (secondary N) is 2. The Kier molecular flexibility index (Phi) is 6.33. The van der Waals surface area contributed by atoms with Gasteiger partial charge in [0, 0.05) is 12.0 Å². The second-order valence-corrected chi connectivity index (χ2v) is 9.42. The highest BCUT2D eigenvalue weighted by Gasteiger charge is 2.27. The summed E-state index contributed by atoms with van der Waals surface area (Å²) >= 11 is 0. The lowest BCUT2D eigenvalue weighted by Gasteiger charge is -2.28. The van der Waals surface area contributed by atoms with E-state index in [0.717, 1.165) is 17.7 Å². The van der Waals surface area contributed by atoms with Crippen molar-refractivity contribution >= 4 is 15.9 Å². The van der Waals surface area contributed by atoms with Crippen LogP contribution in [0.15, 0.2) is 47.4 Å². The Hall–Kier alpha value is -2.65. The van der Waals surface area contributed by atoms with Crippen molar-refractivity contribution in [3.8, 4) is 11.5 Å². The zero-order chi connectivity index (χ0) is 21.9. The van der Waals surface area contributed by atoms with Crippen molar-refractivity contribution in [1.82, 2.24) is 10.0 Å². The SMILES string of the molecule is C[C@H](NS(=O)(=O)c1ccccc1F)C(=O)NCC(C)(C)c1ccc2c(c1)OCCO2. The van der Waals surface area contributed by atoms with E-state index in [1.807, 2.05) is 32.0 Å². The fourth-order valence-electron chi connectivity index (χ4n) is 3.04. The molecule has 2 aromatic rings. The molecule has 0 aliphatic carbocycles. The summed E-state index contributed by atoms with van der Waals surface area (Å²) in [6, 6.07) is 9.55. The van der Waals surface area contributed by atoms with Crippen molar-refractivity contribution < 1.29 is 27.1 Å². The third kappa shape index (κ3) is 4.91. The van der Waals surface area contributed by atoms with Crippen molar-refractivity contribution in [1.29, 1.82) is 0 Å². The van der Waals surface area contributed by atoms with Crippen LogP contribution in [0.4, 0.5) is 4.39 Å². The van der Waals surface area contributed by atoms with Crippen LogP contribution in [0.3, 0.4) is 0 Å². The average molecular weight is 437 g/mol. The van der Waals surface area contributed by atoms with Gasteiger partial charge in [-0.15, -0.1) is 0 Å². The molecule has 1 aliphatic rings. The van der Waals surface area contributed by atoms with Gasteiger partial charge in [0.25, 0.3) is 0 Å². The molecule has 162 valence electrons. The number of fused-ring (bicyclic) bond motifs is 1. The molecule has 30 heavy (non-hydrogen) atoms. The van der Waals surface area contributed by atoms with E-state index < -0.39 is 38.1 Å². The zero-order valence-electron chi connectivity index (χ0n) is 17.1. The van der Waals surface area contributed by atoms with E-state index >= 15 is 0 Å². The van der Waals surface area contributed by atoms with E-state index in [-0.39, 0.29) is 6.54 Å². The van der Waals surface area contributed by atoms with Gasteiger partial charge < -0.3 is 14.8 Å². The van der Waals surface area contributed by atoms with Crippen molar-refractivity contribution in [3.05, 3.63) is 53.8 Å². The van der Waals surface area contributed by atoms with E-state index in [9.17, 15) is 17.6 Å². The number of ether oxygens (including phenoxy) is 2. The predicted molar refractivity (Wildman–Crippen MR) is 110 cm³/mol. The van der Waals surface area contributed by atoms with Gasteiger partial charge in [-0.2, -0.15) is 4.72 Å². The first-order valence-electron chi connectivity index (χ1n) is 9.55. The summed E-state index contributed by atoms with van der Waals surface area (Å²) in [4.78, 5) is 12.0. The Labute approximate surface area is 175 Å². The van der Waals surface area contributed by atoms with Gasteiger partial charge in [0.15, 0.2) is 11.5 Å². The monoisotopic (exact) mass is 436 g/mol. The molecule has 3 rings (SSSR count). The van der Waals surface area contributed by atoms with Gasteiger partial charge in [0.05, 0.1) is 6.04 Å². The molecule has 0 fully saturated rings. The van der Waals surface area contributed by atoms with Gasteiger partial charge in [-0.25, -0.2) is 12.8 Å². The number of sulfonamides is 1. The van der Waals surface area contributed by atoms with E-state index in [1.54, 1.807) is 0 Å². The minimum absolute atomic E-state index is 0.261. The van der Waals surface area contributed by atoms with Crippen LogP contribution in [0.25, 0.3) is 0 Å². The summed E-state index contributed by atoms with van der Waals surface area (Å²) < 4.78 is 51.9. The Balaban J connectivity index is 1.63. The number of amides is 1. The minimum Gasteiger partial charge on any atom is -0.486 e. The minimum atomic E-state index is -4.17. The normalized spacial score (nSPS) is 14.8. The number of halogens is 1. The highest BCUT2D eigenvalue weighted by atomic mass is 32.2. The fourth-order valence-corrected chi connectivity index (χ4v) is 4.32. The van der Waals surface area contributed by atoms with Crippen LogP contribution in [-0.4, -0.2) is 40.1 Å². The topological polar surface area (TPSA) is 93.7 Å². The molecule has 2 aromatic carbocycles. The molecule has 0 aromatic heterocycles. The molecule has 0 spiro atoms. The van der Waals surface area contributed by atoms with Crippen molar-refractivity contribution in [2.75, 3.05) is 19.8 Å². The fraction of sp³-hybridized carbons (Fsp3) is 0.381. The number of carbonyl (C=O) groups is 1. The number of hydrogen-bond donors (Lipinski definition) is 2. The van der Waals surface area contributed by atoms with Crippen LogP contribution in [0.2, 0.25) is 0 Å². The molecule has 1 heterocycles. The zero-order valence-corrected chi connectivity index (χ0v) is 17.9. The lowest BCUT2D eigenvalue weighted by atomic mass is 9.84. The third-order valence-electron chi connectivity index (χ3n) is 4.88. The molecular weight excluding hydrogens is 411 g/mol. The number of benzene rings is 2. The summed E-state index contributed by atoms with van der Waals surface area (Å²) in [5.41, 5.74) is 0.488. The molecule has 1 amide bonds. The molecule has 1 atom stereocenters. The van der Waals surface area contributed by atoms with Crippen molar-refractivity contribution in [2.24, 2.45) is 0 Å². The summed E-state index contributed by atoms with van der Waals surface area (Å²) in [7, 11) is -4.17.